The van der Waals surface area contributed by atoms with Crippen LogP contribution in [0.5, 0.6) is 0 Å². The lowest BCUT2D eigenvalue weighted by Gasteiger charge is -2.26. The molecule has 32 heavy (non-hydrogen) atoms. The van der Waals surface area contributed by atoms with Crippen molar-refractivity contribution in [3.8, 4) is 0 Å². The first-order valence-electron chi connectivity index (χ1n) is 12.2. The maximum atomic E-state index is 11.9. The molecule has 4 nitrogen and oxygen atoms in total. The van der Waals surface area contributed by atoms with Gasteiger partial charge in [-0.2, -0.15) is 0 Å². The average Bonchev–Trinajstić information content (AvgIpc) is 2.83. The molecular formula is C28H38N2O2. The third-order valence-electron chi connectivity index (χ3n) is 6.77. The normalized spacial score (nSPS) is 25.1. The predicted molar refractivity (Wildman–Crippen MR) is 131 cm³/mol. The Bertz CT molecular complexity index is 750. The van der Waals surface area contributed by atoms with E-state index in [9.17, 15) is 9.59 Å². The molecule has 0 spiro atoms. The minimum absolute atomic E-state index is 0.0696. The highest BCUT2D eigenvalue weighted by molar-refractivity contribution is 5.94. The molecule has 2 N–H and O–H groups in total. The van der Waals surface area contributed by atoms with Crippen LogP contribution in [0.15, 0.2) is 60.7 Å². The number of benzene rings is 2. The Hall–Kier alpha value is -2.62. The van der Waals surface area contributed by atoms with Crippen molar-refractivity contribution in [2.75, 3.05) is 0 Å². The molecule has 2 aliphatic carbocycles. The Morgan fingerprint density at radius 1 is 0.562 bits per heavy atom. The van der Waals surface area contributed by atoms with E-state index in [-0.39, 0.29) is 11.8 Å². The van der Waals surface area contributed by atoms with E-state index in [0.717, 1.165) is 48.6 Å². The van der Waals surface area contributed by atoms with Crippen LogP contribution in [0.1, 0.15) is 85.9 Å². The number of hydrogen-bond acceptors (Lipinski definition) is 2. The van der Waals surface area contributed by atoms with Crippen molar-refractivity contribution in [3.05, 3.63) is 71.8 Å². The second-order valence-electron chi connectivity index (χ2n) is 9.59. The molecule has 0 aromatic heterocycles. The fourth-order valence-corrected chi connectivity index (χ4v) is 4.53. The molecule has 0 bridgehead atoms. The number of carbonyl (C=O) groups is 2. The van der Waals surface area contributed by atoms with Crippen LogP contribution < -0.4 is 10.6 Å². The third kappa shape index (κ3) is 7.81. The topological polar surface area (TPSA) is 58.2 Å². The van der Waals surface area contributed by atoms with Gasteiger partial charge in [0.25, 0.3) is 11.8 Å². The van der Waals surface area contributed by atoms with Gasteiger partial charge in [0.2, 0.25) is 0 Å². The van der Waals surface area contributed by atoms with Crippen molar-refractivity contribution in [2.24, 2.45) is 11.8 Å². The molecule has 2 aromatic rings. The molecule has 4 rings (SSSR count). The monoisotopic (exact) mass is 434 g/mol. The van der Waals surface area contributed by atoms with Gasteiger partial charge in [-0.1, -0.05) is 50.2 Å². The van der Waals surface area contributed by atoms with Gasteiger partial charge in [-0.05, 0) is 87.5 Å². The molecule has 0 heterocycles. The zero-order valence-corrected chi connectivity index (χ0v) is 19.6. The average molecular weight is 435 g/mol. The number of rotatable bonds is 4. The van der Waals surface area contributed by atoms with E-state index in [4.69, 9.17) is 0 Å². The minimum Gasteiger partial charge on any atom is -0.349 e. The SMILES string of the molecule is CC1CCC(NC(=O)c2ccccc2)CC1.CC1CCC(NC(=O)c2ccccc2)CC1. The van der Waals surface area contributed by atoms with Gasteiger partial charge in [0.1, 0.15) is 0 Å². The van der Waals surface area contributed by atoms with Gasteiger partial charge < -0.3 is 10.6 Å². The first-order valence-corrected chi connectivity index (χ1v) is 12.2. The van der Waals surface area contributed by atoms with E-state index in [1.54, 1.807) is 0 Å². The Morgan fingerprint density at radius 2 is 0.875 bits per heavy atom. The third-order valence-corrected chi connectivity index (χ3v) is 6.77. The maximum absolute atomic E-state index is 11.9. The van der Waals surface area contributed by atoms with Gasteiger partial charge >= 0.3 is 0 Å². The van der Waals surface area contributed by atoms with E-state index in [1.165, 1.54) is 25.7 Å². The molecular weight excluding hydrogens is 396 g/mol. The molecule has 172 valence electrons. The van der Waals surface area contributed by atoms with Crippen LogP contribution in [0.25, 0.3) is 0 Å². The standard InChI is InChI=1S/2C14H19NO/c2*1-11-7-9-13(10-8-11)15-14(16)12-5-3-2-4-6-12/h2*2-6,11,13H,7-10H2,1H3,(H,15,16). The fourth-order valence-electron chi connectivity index (χ4n) is 4.53. The summed E-state index contributed by atoms with van der Waals surface area (Å²) in [4.78, 5) is 23.8. The van der Waals surface area contributed by atoms with Crippen molar-refractivity contribution < 1.29 is 9.59 Å². The zero-order chi connectivity index (χ0) is 22.8. The fraction of sp³-hybridized carbons (Fsp3) is 0.500. The lowest BCUT2D eigenvalue weighted by Crippen LogP contribution is -2.37. The van der Waals surface area contributed by atoms with Crippen molar-refractivity contribution in [1.82, 2.24) is 10.6 Å². The number of carbonyl (C=O) groups excluding carboxylic acids is 2. The van der Waals surface area contributed by atoms with Crippen LogP contribution >= 0.6 is 0 Å². The smallest absolute Gasteiger partial charge is 0.251 e. The van der Waals surface area contributed by atoms with Crippen LogP contribution in [0.2, 0.25) is 0 Å². The molecule has 2 amide bonds. The number of hydrogen-bond donors (Lipinski definition) is 2. The summed E-state index contributed by atoms with van der Waals surface area (Å²) < 4.78 is 0. The molecule has 2 fully saturated rings. The highest BCUT2D eigenvalue weighted by atomic mass is 16.2. The molecule has 2 saturated carbocycles. The molecule has 0 unspecified atom stereocenters. The Balaban J connectivity index is 0.000000181. The summed E-state index contributed by atoms with van der Waals surface area (Å²) in [5.74, 6) is 1.79. The van der Waals surface area contributed by atoms with Gasteiger partial charge in [-0.3, -0.25) is 9.59 Å². The Labute approximate surface area is 193 Å². The molecule has 0 atom stereocenters. The molecule has 2 aliphatic rings. The summed E-state index contributed by atoms with van der Waals surface area (Å²) in [7, 11) is 0. The maximum Gasteiger partial charge on any atom is 0.251 e. The zero-order valence-electron chi connectivity index (χ0n) is 19.6. The first kappa shape index (κ1) is 24.0. The van der Waals surface area contributed by atoms with Crippen LogP contribution in [0, 0.1) is 11.8 Å². The Kier molecular flexibility index (Phi) is 9.33. The minimum atomic E-state index is 0.0696. The number of amides is 2. The van der Waals surface area contributed by atoms with Gasteiger partial charge in [-0.15, -0.1) is 0 Å². The van der Waals surface area contributed by atoms with E-state index >= 15 is 0 Å². The molecule has 0 radical (unpaired) electrons. The van der Waals surface area contributed by atoms with Crippen molar-refractivity contribution >= 4 is 11.8 Å². The van der Waals surface area contributed by atoms with E-state index in [2.05, 4.69) is 24.5 Å². The van der Waals surface area contributed by atoms with Crippen molar-refractivity contribution in [1.29, 1.82) is 0 Å². The van der Waals surface area contributed by atoms with Gasteiger partial charge in [0.05, 0.1) is 0 Å². The summed E-state index contributed by atoms with van der Waals surface area (Å²) in [6, 6.07) is 19.7. The van der Waals surface area contributed by atoms with Crippen LogP contribution in [0.4, 0.5) is 0 Å². The summed E-state index contributed by atoms with van der Waals surface area (Å²) in [5, 5.41) is 6.23. The first-order chi connectivity index (χ1) is 15.5. The van der Waals surface area contributed by atoms with Gasteiger partial charge in [0, 0.05) is 23.2 Å². The molecule has 2 aromatic carbocycles. The Morgan fingerprint density at radius 3 is 1.19 bits per heavy atom. The van der Waals surface area contributed by atoms with E-state index in [1.807, 2.05) is 60.7 Å². The molecule has 4 heteroatoms. The highest BCUT2D eigenvalue weighted by Gasteiger charge is 2.21. The second kappa shape index (κ2) is 12.4. The van der Waals surface area contributed by atoms with E-state index < -0.39 is 0 Å². The summed E-state index contributed by atoms with van der Waals surface area (Å²) in [5.41, 5.74) is 1.53. The largest absolute Gasteiger partial charge is 0.349 e. The van der Waals surface area contributed by atoms with Crippen LogP contribution in [0.3, 0.4) is 0 Å². The van der Waals surface area contributed by atoms with Crippen molar-refractivity contribution in [2.45, 2.75) is 77.3 Å². The predicted octanol–water partition coefficient (Wildman–Crippen LogP) is 5.99. The number of nitrogens with one attached hydrogen (secondary N) is 2. The van der Waals surface area contributed by atoms with Gasteiger partial charge in [0.15, 0.2) is 0 Å². The van der Waals surface area contributed by atoms with E-state index in [0.29, 0.717) is 12.1 Å². The summed E-state index contributed by atoms with van der Waals surface area (Å²) in [6.07, 6.45) is 9.44. The molecule has 0 saturated heterocycles. The summed E-state index contributed by atoms with van der Waals surface area (Å²) >= 11 is 0. The lowest BCUT2D eigenvalue weighted by molar-refractivity contribution is 0.0914. The molecule has 0 aliphatic heterocycles. The van der Waals surface area contributed by atoms with Crippen molar-refractivity contribution in [3.63, 3.8) is 0 Å². The van der Waals surface area contributed by atoms with Crippen LogP contribution in [-0.2, 0) is 0 Å². The second-order valence-corrected chi connectivity index (χ2v) is 9.59. The summed E-state index contributed by atoms with van der Waals surface area (Å²) in [6.45, 7) is 4.57. The van der Waals surface area contributed by atoms with Crippen LogP contribution in [-0.4, -0.2) is 23.9 Å². The highest BCUT2D eigenvalue weighted by Crippen LogP contribution is 2.24. The van der Waals surface area contributed by atoms with Gasteiger partial charge in [-0.25, -0.2) is 0 Å². The lowest BCUT2D eigenvalue weighted by atomic mass is 9.87. The quantitative estimate of drug-likeness (QED) is 0.621.